The second-order valence-electron chi connectivity index (χ2n) is 6.34. The zero-order valence-electron chi connectivity index (χ0n) is 14.6. The second kappa shape index (κ2) is 9.85. The molecule has 2 rings (SSSR count). The smallest absolute Gasteiger partial charge is 0.242 e. The summed E-state index contributed by atoms with van der Waals surface area (Å²) in [5.74, 6) is -0.317. The van der Waals surface area contributed by atoms with E-state index in [0.717, 1.165) is 18.8 Å². The number of halogens is 2. The van der Waals surface area contributed by atoms with Gasteiger partial charge >= 0.3 is 0 Å². The van der Waals surface area contributed by atoms with Gasteiger partial charge in [0.15, 0.2) is 0 Å². The molecule has 0 aromatic heterocycles. The molecule has 1 heterocycles. The summed E-state index contributed by atoms with van der Waals surface area (Å²) in [5.41, 5.74) is 6.83. The zero-order valence-corrected chi connectivity index (χ0v) is 16.1. The predicted octanol–water partition coefficient (Wildman–Crippen LogP) is 1.51. The van der Waals surface area contributed by atoms with E-state index in [-0.39, 0.29) is 36.7 Å². The van der Waals surface area contributed by atoms with E-state index >= 15 is 0 Å². The zero-order chi connectivity index (χ0) is 17.7. The van der Waals surface area contributed by atoms with Gasteiger partial charge in [-0.1, -0.05) is 31.5 Å². The summed E-state index contributed by atoms with van der Waals surface area (Å²) in [6.07, 6.45) is 0. The summed E-state index contributed by atoms with van der Waals surface area (Å²) in [6, 6.07) is 7.11. The Morgan fingerprint density at radius 1 is 1.24 bits per heavy atom. The van der Waals surface area contributed by atoms with Crippen LogP contribution in [-0.2, 0) is 9.59 Å². The maximum absolute atomic E-state index is 12.2. The van der Waals surface area contributed by atoms with E-state index in [4.69, 9.17) is 17.3 Å². The average molecular weight is 389 g/mol. The molecule has 1 saturated heterocycles. The molecule has 2 amide bonds. The molecule has 25 heavy (non-hydrogen) atoms. The fraction of sp³-hybridized carbons (Fsp3) is 0.529. The van der Waals surface area contributed by atoms with Crippen molar-refractivity contribution in [2.45, 2.75) is 19.9 Å². The van der Waals surface area contributed by atoms with E-state index in [1.165, 1.54) is 0 Å². The Kier molecular flexibility index (Phi) is 8.48. The summed E-state index contributed by atoms with van der Waals surface area (Å²) in [7, 11) is 0. The topological polar surface area (TPSA) is 78.7 Å². The molecule has 0 spiro atoms. The fourth-order valence-corrected chi connectivity index (χ4v) is 2.77. The minimum Gasteiger partial charge on any atom is -0.368 e. The van der Waals surface area contributed by atoms with Gasteiger partial charge in [0.1, 0.15) is 0 Å². The largest absolute Gasteiger partial charge is 0.368 e. The van der Waals surface area contributed by atoms with Crippen LogP contribution in [-0.4, -0.2) is 55.5 Å². The Labute approximate surface area is 160 Å². The van der Waals surface area contributed by atoms with Gasteiger partial charge in [0.25, 0.3) is 0 Å². The van der Waals surface area contributed by atoms with Crippen LogP contribution in [0.15, 0.2) is 24.3 Å². The summed E-state index contributed by atoms with van der Waals surface area (Å²) in [6.45, 7) is 6.48. The lowest BCUT2D eigenvalue weighted by molar-refractivity contribution is -0.133. The van der Waals surface area contributed by atoms with E-state index in [0.29, 0.717) is 18.1 Å². The monoisotopic (exact) mass is 388 g/mol. The number of nitrogens with zero attached hydrogens (tertiary/aromatic N) is 2. The number of hydrogen-bond acceptors (Lipinski definition) is 4. The Bertz CT molecular complexity index is 590. The molecule has 0 radical (unpaired) electrons. The van der Waals surface area contributed by atoms with Gasteiger partial charge in [-0.2, -0.15) is 0 Å². The first kappa shape index (κ1) is 21.5. The molecule has 1 fully saturated rings. The molecule has 1 aliphatic heterocycles. The summed E-state index contributed by atoms with van der Waals surface area (Å²) in [5, 5.41) is 3.33. The molecule has 6 nitrogen and oxygen atoms in total. The number of hydrogen-bond donors (Lipinski definition) is 2. The number of anilines is 1. The summed E-state index contributed by atoms with van der Waals surface area (Å²) < 4.78 is 0. The molecule has 0 saturated carbocycles. The molecule has 1 atom stereocenters. The Morgan fingerprint density at radius 2 is 1.88 bits per heavy atom. The van der Waals surface area contributed by atoms with Crippen molar-refractivity contribution in [3.05, 3.63) is 29.3 Å². The minimum absolute atomic E-state index is 0. The van der Waals surface area contributed by atoms with Crippen LogP contribution in [0.1, 0.15) is 13.8 Å². The molecular weight excluding hydrogens is 363 g/mol. The quantitative estimate of drug-likeness (QED) is 0.800. The number of nitrogens with one attached hydrogen (secondary N) is 1. The SMILES string of the molecule is CC(C)[C@H](N)C(=O)NCC(=O)N1CCN(c2cccc(Cl)c2)CC1.Cl. The van der Waals surface area contributed by atoms with Crippen LogP contribution >= 0.6 is 24.0 Å². The lowest BCUT2D eigenvalue weighted by Crippen LogP contribution is -2.52. The molecule has 0 unspecified atom stereocenters. The van der Waals surface area contributed by atoms with Gasteiger partial charge in [-0.05, 0) is 24.1 Å². The number of amides is 2. The number of piperazine rings is 1. The molecule has 1 aromatic carbocycles. The van der Waals surface area contributed by atoms with Crippen LogP contribution in [0.25, 0.3) is 0 Å². The number of rotatable bonds is 5. The molecule has 3 N–H and O–H groups in total. The van der Waals surface area contributed by atoms with Crippen molar-refractivity contribution in [3.8, 4) is 0 Å². The van der Waals surface area contributed by atoms with Gasteiger partial charge in [-0.15, -0.1) is 12.4 Å². The first-order chi connectivity index (χ1) is 11.4. The second-order valence-corrected chi connectivity index (χ2v) is 6.77. The van der Waals surface area contributed by atoms with Crippen LogP contribution in [0.3, 0.4) is 0 Å². The molecular formula is C17H26Cl2N4O2. The third-order valence-electron chi connectivity index (χ3n) is 4.24. The standard InChI is InChI=1S/C17H25ClN4O2.ClH/c1-12(2)16(19)17(24)20-11-15(23)22-8-6-21(7-9-22)14-5-3-4-13(18)10-14;/h3-5,10,12,16H,6-9,11,19H2,1-2H3,(H,20,24);1H/t16-;/m0./s1. The minimum atomic E-state index is -0.586. The lowest BCUT2D eigenvalue weighted by Gasteiger charge is -2.36. The Balaban J connectivity index is 0.00000312. The number of carbonyl (C=O) groups excluding carboxylic acids is 2. The summed E-state index contributed by atoms with van der Waals surface area (Å²) >= 11 is 6.02. The van der Waals surface area contributed by atoms with E-state index in [1.54, 1.807) is 4.90 Å². The van der Waals surface area contributed by atoms with Gasteiger partial charge in [-0.3, -0.25) is 9.59 Å². The van der Waals surface area contributed by atoms with Crippen LogP contribution in [0, 0.1) is 5.92 Å². The van der Waals surface area contributed by atoms with E-state index in [1.807, 2.05) is 38.1 Å². The van der Waals surface area contributed by atoms with Gasteiger partial charge < -0.3 is 20.9 Å². The lowest BCUT2D eigenvalue weighted by atomic mass is 10.1. The Hall–Kier alpha value is -1.50. The molecule has 8 heteroatoms. The highest BCUT2D eigenvalue weighted by molar-refractivity contribution is 6.30. The van der Waals surface area contributed by atoms with Crippen molar-refractivity contribution in [3.63, 3.8) is 0 Å². The molecule has 1 aromatic rings. The first-order valence-corrected chi connectivity index (χ1v) is 8.58. The number of benzene rings is 1. The third-order valence-corrected chi connectivity index (χ3v) is 4.48. The van der Waals surface area contributed by atoms with Crippen LogP contribution < -0.4 is 16.0 Å². The third kappa shape index (κ3) is 6.06. The maximum atomic E-state index is 12.2. The summed E-state index contributed by atoms with van der Waals surface area (Å²) in [4.78, 5) is 28.0. The van der Waals surface area contributed by atoms with Crippen molar-refractivity contribution in [1.29, 1.82) is 0 Å². The van der Waals surface area contributed by atoms with Gasteiger partial charge in [-0.25, -0.2) is 0 Å². The molecule has 0 aliphatic carbocycles. The normalized spacial score (nSPS) is 15.6. The van der Waals surface area contributed by atoms with Crippen LogP contribution in [0.5, 0.6) is 0 Å². The number of carbonyl (C=O) groups is 2. The van der Waals surface area contributed by atoms with Crippen molar-refractivity contribution in [2.75, 3.05) is 37.6 Å². The van der Waals surface area contributed by atoms with Gasteiger partial charge in [0, 0.05) is 36.9 Å². The molecule has 140 valence electrons. The van der Waals surface area contributed by atoms with Crippen molar-refractivity contribution in [1.82, 2.24) is 10.2 Å². The average Bonchev–Trinajstić information content (AvgIpc) is 2.58. The molecule has 0 bridgehead atoms. The van der Waals surface area contributed by atoms with E-state index in [9.17, 15) is 9.59 Å². The van der Waals surface area contributed by atoms with E-state index in [2.05, 4.69) is 10.2 Å². The van der Waals surface area contributed by atoms with Crippen molar-refractivity contribution >= 4 is 41.5 Å². The fourth-order valence-electron chi connectivity index (χ4n) is 2.58. The highest BCUT2D eigenvalue weighted by atomic mass is 35.5. The predicted molar refractivity (Wildman–Crippen MR) is 103 cm³/mol. The van der Waals surface area contributed by atoms with Crippen molar-refractivity contribution < 1.29 is 9.59 Å². The van der Waals surface area contributed by atoms with Gasteiger partial charge in [0.05, 0.1) is 12.6 Å². The molecule has 1 aliphatic rings. The highest BCUT2D eigenvalue weighted by Crippen LogP contribution is 2.20. The van der Waals surface area contributed by atoms with Gasteiger partial charge in [0.2, 0.25) is 11.8 Å². The van der Waals surface area contributed by atoms with Crippen LogP contribution in [0.4, 0.5) is 5.69 Å². The maximum Gasteiger partial charge on any atom is 0.242 e. The van der Waals surface area contributed by atoms with Crippen LogP contribution in [0.2, 0.25) is 5.02 Å². The highest BCUT2D eigenvalue weighted by Gasteiger charge is 2.23. The first-order valence-electron chi connectivity index (χ1n) is 8.20. The Morgan fingerprint density at radius 3 is 2.44 bits per heavy atom. The van der Waals surface area contributed by atoms with Crippen molar-refractivity contribution in [2.24, 2.45) is 11.7 Å². The van der Waals surface area contributed by atoms with E-state index < -0.39 is 6.04 Å². The number of nitrogens with two attached hydrogens (primary N) is 1.